The van der Waals surface area contributed by atoms with E-state index < -0.39 is 0 Å². The van der Waals surface area contributed by atoms with E-state index in [0.29, 0.717) is 17.8 Å². The minimum Gasteiger partial charge on any atom is -0.459 e. The number of amides is 2. The van der Waals surface area contributed by atoms with E-state index in [1.165, 1.54) is 27.4 Å². The lowest BCUT2D eigenvalue weighted by atomic mass is 10.1. The van der Waals surface area contributed by atoms with E-state index >= 15 is 0 Å². The van der Waals surface area contributed by atoms with E-state index in [0.717, 1.165) is 18.5 Å². The number of nitrogens with one attached hydrogen (secondary N) is 2. The normalized spacial score (nSPS) is 12.0. The zero-order valence-electron chi connectivity index (χ0n) is 19.3. The summed E-state index contributed by atoms with van der Waals surface area (Å²) in [7, 11) is 0. The molecule has 0 fully saturated rings. The molecule has 176 valence electrons. The van der Waals surface area contributed by atoms with Crippen LogP contribution in [0.25, 0.3) is 0 Å². The first kappa shape index (κ1) is 22.8. The van der Waals surface area contributed by atoms with Crippen molar-refractivity contribution in [3.05, 3.63) is 102 Å². The van der Waals surface area contributed by atoms with Crippen LogP contribution in [-0.2, 0) is 0 Å². The average Bonchev–Trinajstić information content (AvgIpc) is 3.42. The van der Waals surface area contributed by atoms with Crippen molar-refractivity contribution in [3.63, 3.8) is 0 Å². The molecule has 5 rings (SSSR count). The highest BCUT2D eigenvalue weighted by Crippen LogP contribution is 2.47. The molecule has 4 aromatic rings. The standard InChI is InChI=1S/C28H25N3O3S/c1-19-13-14-20(18-21(19)30-28(33)24-10-6-17-34-24)27(32)29-15-7-16-31-22-8-2-4-11-25(22)35-26-12-5-3-9-23(26)31/h2-6,8-14,17-18H,7,15-16H2,1H3,(H,29,32)(H,30,33). The van der Waals surface area contributed by atoms with Crippen molar-refractivity contribution in [2.75, 3.05) is 23.3 Å². The van der Waals surface area contributed by atoms with Crippen LogP contribution in [0.5, 0.6) is 0 Å². The highest BCUT2D eigenvalue weighted by Gasteiger charge is 2.22. The fourth-order valence-electron chi connectivity index (χ4n) is 4.05. The lowest BCUT2D eigenvalue weighted by molar-refractivity contribution is 0.0951. The molecule has 0 saturated heterocycles. The number of carbonyl (C=O) groups excluding carboxylic acids is 2. The number of nitrogens with zero attached hydrogens (tertiary/aromatic N) is 1. The Hall–Kier alpha value is -3.97. The lowest BCUT2D eigenvalue weighted by Crippen LogP contribution is -2.29. The molecule has 0 aliphatic carbocycles. The largest absolute Gasteiger partial charge is 0.459 e. The van der Waals surface area contributed by atoms with E-state index in [2.05, 4.69) is 64.1 Å². The van der Waals surface area contributed by atoms with Gasteiger partial charge >= 0.3 is 0 Å². The summed E-state index contributed by atoms with van der Waals surface area (Å²) in [6.45, 7) is 3.20. The predicted octanol–water partition coefficient (Wildman–Crippen LogP) is 6.26. The Morgan fingerprint density at radius 1 is 0.886 bits per heavy atom. The van der Waals surface area contributed by atoms with Gasteiger partial charge in [-0.05, 0) is 67.4 Å². The van der Waals surface area contributed by atoms with Crippen molar-refractivity contribution in [2.45, 2.75) is 23.1 Å². The second-order valence-corrected chi connectivity index (χ2v) is 9.34. The Morgan fingerprint density at radius 3 is 2.29 bits per heavy atom. The molecule has 2 amide bonds. The van der Waals surface area contributed by atoms with Crippen molar-refractivity contribution in [3.8, 4) is 0 Å². The van der Waals surface area contributed by atoms with Gasteiger partial charge in [-0.2, -0.15) is 0 Å². The minimum absolute atomic E-state index is 0.173. The van der Waals surface area contributed by atoms with Gasteiger partial charge in [0.2, 0.25) is 0 Å². The number of para-hydroxylation sites is 2. The molecule has 3 aromatic carbocycles. The van der Waals surface area contributed by atoms with Gasteiger partial charge in [0.25, 0.3) is 11.8 Å². The first-order valence-corrected chi connectivity index (χ1v) is 12.3. The highest BCUT2D eigenvalue weighted by atomic mass is 32.2. The van der Waals surface area contributed by atoms with Gasteiger partial charge in [-0.25, -0.2) is 0 Å². The van der Waals surface area contributed by atoms with Crippen molar-refractivity contribution in [1.82, 2.24) is 5.32 Å². The van der Waals surface area contributed by atoms with Crippen molar-refractivity contribution in [1.29, 1.82) is 0 Å². The second-order valence-electron chi connectivity index (χ2n) is 8.26. The molecular formula is C28H25N3O3S. The number of aryl methyl sites for hydroxylation is 1. The summed E-state index contributed by atoms with van der Waals surface area (Å²) in [4.78, 5) is 29.9. The van der Waals surface area contributed by atoms with E-state index in [-0.39, 0.29) is 17.6 Å². The third-order valence-corrected chi connectivity index (χ3v) is 7.00. The first-order chi connectivity index (χ1) is 17.1. The van der Waals surface area contributed by atoms with Crippen LogP contribution < -0.4 is 15.5 Å². The molecule has 6 nitrogen and oxygen atoms in total. The molecule has 0 saturated carbocycles. The van der Waals surface area contributed by atoms with Crippen LogP contribution >= 0.6 is 11.8 Å². The Labute approximate surface area is 208 Å². The number of hydrogen-bond acceptors (Lipinski definition) is 5. The second kappa shape index (κ2) is 10.1. The maximum absolute atomic E-state index is 12.8. The molecule has 2 N–H and O–H groups in total. The number of anilines is 3. The van der Waals surface area contributed by atoms with E-state index in [1.807, 2.05) is 13.0 Å². The molecule has 1 aliphatic heterocycles. The molecule has 1 aliphatic rings. The Morgan fingerprint density at radius 2 is 1.60 bits per heavy atom. The van der Waals surface area contributed by atoms with Crippen LogP contribution in [0.15, 0.2) is 99.3 Å². The molecule has 0 spiro atoms. The maximum atomic E-state index is 12.8. The summed E-state index contributed by atoms with van der Waals surface area (Å²) in [6.07, 6.45) is 2.23. The fraction of sp³-hybridized carbons (Fsp3) is 0.143. The van der Waals surface area contributed by atoms with Gasteiger partial charge in [0.15, 0.2) is 5.76 Å². The molecule has 0 radical (unpaired) electrons. The SMILES string of the molecule is Cc1ccc(C(=O)NCCCN2c3ccccc3Sc3ccccc32)cc1NC(=O)c1ccco1. The smallest absolute Gasteiger partial charge is 0.291 e. The summed E-state index contributed by atoms with van der Waals surface area (Å²) in [5.41, 5.74) is 4.33. The fourth-order valence-corrected chi connectivity index (χ4v) is 5.15. The lowest BCUT2D eigenvalue weighted by Gasteiger charge is -2.32. The van der Waals surface area contributed by atoms with Crippen LogP contribution in [0.1, 0.15) is 32.9 Å². The summed E-state index contributed by atoms with van der Waals surface area (Å²) >= 11 is 1.79. The van der Waals surface area contributed by atoms with E-state index in [4.69, 9.17) is 4.42 Å². The van der Waals surface area contributed by atoms with Crippen LogP contribution in [0.2, 0.25) is 0 Å². The Balaban J connectivity index is 1.21. The van der Waals surface area contributed by atoms with Gasteiger partial charge in [-0.3, -0.25) is 9.59 Å². The van der Waals surface area contributed by atoms with E-state index in [9.17, 15) is 9.59 Å². The van der Waals surface area contributed by atoms with Crippen LogP contribution in [-0.4, -0.2) is 24.9 Å². The highest BCUT2D eigenvalue weighted by molar-refractivity contribution is 7.99. The zero-order chi connectivity index (χ0) is 24.2. The number of furan rings is 1. The summed E-state index contributed by atoms with van der Waals surface area (Å²) < 4.78 is 5.15. The maximum Gasteiger partial charge on any atom is 0.291 e. The van der Waals surface area contributed by atoms with Gasteiger partial charge in [0, 0.05) is 34.1 Å². The molecule has 0 bridgehead atoms. The van der Waals surface area contributed by atoms with Gasteiger partial charge in [-0.1, -0.05) is 42.1 Å². The first-order valence-electron chi connectivity index (χ1n) is 11.5. The number of benzene rings is 3. The van der Waals surface area contributed by atoms with Gasteiger partial charge in [-0.15, -0.1) is 0 Å². The summed E-state index contributed by atoms with van der Waals surface area (Å²) in [6, 6.07) is 25.3. The predicted molar refractivity (Wildman–Crippen MR) is 139 cm³/mol. The Kier molecular flexibility index (Phi) is 6.59. The molecule has 0 atom stereocenters. The van der Waals surface area contributed by atoms with Crippen LogP contribution in [0.3, 0.4) is 0 Å². The number of hydrogen-bond donors (Lipinski definition) is 2. The third-order valence-electron chi connectivity index (χ3n) is 5.87. The molecule has 1 aromatic heterocycles. The van der Waals surface area contributed by atoms with Gasteiger partial charge in [0.1, 0.15) is 0 Å². The van der Waals surface area contributed by atoms with Gasteiger partial charge in [0.05, 0.1) is 17.6 Å². The van der Waals surface area contributed by atoms with Gasteiger partial charge < -0.3 is 20.0 Å². The van der Waals surface area contributed by atoms with Crippen molar-refractivity contribution < 1.29 is 14.0 Å². The number of rotatable bonds is 7. The molecule has 2 heterocycles. The van der Waals surface area contributed by atoms with E-state index in [1.54, 1.807) is 36.0 Å². The zero-order valence-corrected chi connectivity index (χ0v) is 20.1. The number of fused-ring (bicyclic) bond motifs is 2. The van der Waals surface area contributed by atoms with Crippen LogP contribution in [0, 0.1) is 6.92 Å². The molecule has 0 unspecified atom stereocenters. The topological polar surface area (TPSA) is 74.6 Å². The molecule has 35 heavy (non-hydrogen) atoms. The van der Waals surface area contributed by atoms with Crippen molar-refractivity contribution >= 4 is 40.6 Å². The van der Waals surface area contributed by atoms with Crippen molar-refractivity contribution in [2.24, 2.45) is 0 Å². The summed E-state index contributed by atoms with van der Waals surface area (Å²) in [5, 5.41) is 5.83. The quantitative estimate of drug-likeness (QED) is 0.303. The average molecular weight is 484 g/mol. The summed E-state index contributed by atoms with van der Waals surface area (Å²) in [5.74, 6) is -0.303. The minimum atomic E-state index is -0.351. The monoisotopic (exact) mass is 483 g/mol. The molecule has 7 heteroatoms. The Bertz CT molecular complexity index is 1320. The molecular weight excluding hydrogens is 458 g/mol. The third kappa shape index (κ3) is 4.95. The van der Waals surface area contributed by atoms with Crippen LogP contribution in [0.4, 0.5) is 17.1 Å². The number of carbonyl (C=O) groups is 2.